The number of nitrogens with zero attached hydrogens (tertiary/aromatic N) is 3. The fourth-order valence-corrected chi connectivity index (χ4v) is 2.48. The molecular formula is C18H14BrN3O. The average Bonchev–Trinajstić information content (AvgIpc) is 2.91. The topological polar surface area (TPSA) is 50.8 Å². The first kappa shape index (κ1) is 15.3. The fourth-order valence-electron chi connectivity index (χ4n) is 2.21. The Morgan fingerprint density at radius 3 is 2.48 bits per heavy atom. The molecular weight excluding hydrogens is 354 g/mol. The number of hydrogen-bond donors (Lipinski definition) is 0. The number of ether oxygens (including phenoxy) is 1. The van der Waals surface area contributed by atoms with Crippen molar-refractivity contribution < 1.29 is 4.74 Å². The molecule has 3 rings (SSSR count). The lowest BCUT2D eigenvalue weighted by Gasteiger charge is -2.11. The molecule has 3 aromatic rings. The zero-order valence-corrected chi connectivity index (χ0v) is 14.1. The lowest BCUT2D eigenvalue weighted by Crippen LogP contribution is -2.04. The molecule has 0 unspecified atom stereocenters. The highest BCUT2D eigenvalue weighted by Crippen LogP contribution is 2.25. The van der Waals surface area contributed by atoms with Crippen molar-refractivity contribution >= 4 is 15.9 Å². The Hall–Kier alpha value is -2.58. The van der Waals surface area contributed by atoms with Gasteiger partial charge in [-0.15, -0.1) is 0 Å². The third-order valence-electron chi connectivity index (χ3n) is 3.48. The highest BCUT2D eigenvalue weighted by atomic mass is 79.9. The summed E-state index contributed by atoms with van der Waals surface area (Å²) in [5, 5.41) is 8.87. The molecule has 4 nitrogen and oxygen atoms in total. The summed E-state index contributed by atoms with van der Waals surface area (Å²) >= 11 is 3.41. The summed E-state index contributed by atoms with van der Waals surface area (Å²) in [4.78, 5) is 4.34. The molecule has 23 heavy (non-hydrogen) atoms. The molecule has 0 radical (unpaired) electrons. The van der Waals surface area contributed by atoms with Crippen LogP contribution in [0.3, 0.4) is 0 Å². The highest BCUT2D eigenvalue weighted by Gasteiger charge is 2.09. The van der Waals surface area contributed by atoms with Gasteiger partial charge in [0.15, 0.2) is 0 Å². The largest absolute Gasteiger partial charge is 0.439 e. The number of benzene rings is 2. The summed E-state index contributed by atoms with van der Waals surface area (Å²) in [5.41, 5.74) is 1.74. The molecule has 114 valence electrons. The number of nitriles is 1. The van der Waals surface area contributed by atoms with Crippen molar-refractivity contribution in [2.75, 3.05) is 0 Å². The predicted octanol–water partition coefficient (Wildman–Crippen LogP) is 4.67. The summed E-state index contributed by atoms with van der Waals surface area (Å²) in [6, 6.07) is 17.3. The molecule has 2 aromatic carbocycles. The van der Waals surface area contributed by atoms with E-state index in [0.717, 1.165) is 21.6 Å². The van der Waals surface area contributed by atoms with Gasteiger partial charge < -0.3 is 4.74 Å². The van der Waals surface area contributed by atoms with E-state index in [4.69, 9.17) is 10.00 Å². The summed E-state index contributed by atoms with van der Waals surface area (Å²) in [6.07, 6.45) is 1.72. The lowest BCUT2D eigenvalue weighted by atomic mass is 10.1. The lowest BCUT2D eigenvalue weighted by molar-refractivity contribution is 0.433. The number of imidazole rings is 1. The monoisotopic (exact) mass is 367 g/mol. The van der Waals surface area contributed by atoms with E-state index in [0.29, 0.717) is 18.0 Å². The van der Waals surface area contributed by atoms with Crippen LogP contribution < -0.4 is 4.74 Å². The van der Waals surface area contributed by atoms with E-state index in [9.17, 15) is 0 Å². The molecule has 0 aliphatic heterocycles. The van der Waals surface area contributed by atoms with E-state index in [2.05, 4.69) is 27.0 Å². The van der Waals surface area contributed by atoms with Gasteiger partial charge in [0.2, 0.25) is 5.88 Å². The van der Waals surface area contributed by atoms with E-state index in [-0.39, 0.29) is 0 Å². The van der Waals surface area contributed by atoms with Crippen molar-refractivity contribution in [1.82, 2.24) is 9.55 Å². The zero-order valence-electron chi connectivity index (χ0n) is 12.5. The summed E-state index contributed by atoms with van der Waals surface area (Å²) in [7, 11) is 0. The first-order valence-corrected chi connectivity index (χ1v) is 7.89. The maximum Gasteiger partial charge on any atom is 0.220 e. The quantitative estimate of drug-likeness (QED) is 0.673. The van der Waals surface area contributed by atoms with Crippen LogP contribution >= 0.6 is 15.9 Å². The van der Waals surface area contributed by atoms with Crippen molar-refractivity contribution in [3.05, 3.63) is 76.2 Å². The summed E-state index contributed by atoms with van der Waals surface area (Å²) in [6.45, 7) is 2.58. The van der Waals surface area contributed by atoms with Crippen molar-refractivity contribution in [2.24, 2.45) is 0 Å². The maximum atomic E-state index is 8.87. The van der Waals surface area contributed by atoms with Gasteiger partial charge in [0.25, 0.3) is 0 Å². The van der Waals surface area contributed by atoms with Gasteiger partial charge in [-0.3, -0.25) is 4.57 Å². The standard InChI is InChI=1S/C18H14BrN3O/c1-13-21-11-18(23-17-8-6-16(19)7-9-17)22(13)12-15-4-2-14(10-20)3-5-15/h2-9,11H,12H2,1H3. The van der Waals surface area contributed by atoms with Gasteiger partial charge in [0.05, 0.1) is 24.4 Å². The minimum absolute atomic E-state index is 0.642. The van der Waals surface area contributed by atoms with Crippen LogP contribution in [0.5, 0.6) is 11.6 Å². The minimum Gasteiger partial charge on any atom is -0.439 e. The van der Waals surface area contributed by atoms with Crippen LogP contribution in [0.1, 0.15) is 17.0 Å². The maximum absolute atomic E-state index is 8.87. The Balaban J connectivity index is 1.83. The molecule has 5 heteroatoms. The molecule has 0 saturated heterocycles. The fraction of sp³-hybridized carbons (Fsp3) is 0.111. The van der Waals surface area contributed by atoms with Gasteiger partial charge in [-0.05, 0) is 48.9 Å². The Labute approximate surface area is 143 Å². The van der Waals surface area contributed by atoms with E-state index < -0.39 is 0 Å². The third-order valence-corrected chi connectivity index (χ3v) is 4.01. The van der Waals surface area contributed by atoms with Crippen LogP contribution in [0, 0.1) is 18.3 Å². The van der Waals surface area contributed by atoms with Gasteiger partial charge in [-0.1, -0.05) is 28.1 Å². The van der Waals surface area contributed by atoms with Crippen LogP contribution in [0.2, 0.25) is 0 Å². The molecule has 0 fully saturated rings. The first-order valence-electron chi connectivity index (χ1n) is 7.10. The highest BCUT2D eigenvalue weighted by molar-refractivity contribution is 9.10. The normalized spacial score (nSPS) is 10.3. The van der Waals surface area contributed by atoms with Gasteiger partial charge in [0.1, 0.15) is 11.6 Å². The average molecular weight is 368 g/mol. The predicted molar refractivity (Wildman–Crippen MR) is 91.4 cm³/mol. The van der Waals surface area contributed by atoms with Crippen molar-refractivity contribution in [1.29, 1.82) is 5.26 Å². The molecule has 1 aromatic heterocycles. The molecule has 0 bridgehead atoms. The van der Waals surface area contributed by atoms with E-state index in [1.807, 2.05) is 60.0 Å². The van der Waals surface area contributed by atoms with E-state index in [1.54, 1.807) is 6.20 Å². The SMILES string of the molecule is Cc1ncc(Oc2ccc(Br)cc2)n1Cc1ccc(C#N)cc1. The number of aromatic nitrogens is 2. The van der Waals surface area contributed by atoms with Crippen LogP contribution in [0.25, 0.3) is 0 Å². The van der Waals surface area contributed by atoms with Gasteiger partial charge in [0, 0.05) is 4.47 Å². The van der Waals surface area contributed by atoms with Crippen LogP contribution in [-0.2, 0) is 6.54 Å². The second kappa shape index (κ2) is 6.67. The van der Waals surface area contributed by atoms with Crippen molar-refractivity contribution in [2.45, 2.75) is 13.5 Å². The Morgan fingerprint density at radius 1 is 1.13 bits per heavy atom. The molecule has 0 N–H and O–H groups in total. The third kappa shape index (κ3) is 3.61. The van der Waals surface area contributed by atoms with E-state index >= 15 is 0 Å². The molecule has 0 atom stereocenters. The second-order valence-electron chi connectivity index (χ2n) is 5.09. The summed E-state index contributed by atoms with van der Waals surface area (Å²) in [5.74, 6) is 2.32. The number of hydrogen-bond acceptors (Lipinski definition) is 3. The Morgan fingerprint density at radius 2 is 1.83 bits per heavy atom. The Bertz CT molecular complexity index is 845. The van der Waals surface area contributed by atoms with Crippen LogP contribution in [0.15, 0.2) is 59.2 Å². The minimum atomic E-state index is 0.642. The first-order chi connectivity index (χ1) is 11.2. The van der Waals surface area contributed by atoms with Gasteiger partial charge in [-0.25, -0.2) is 4.98 Å². The molecule has 0 amide bonds. The second-order valence-corrected chi connectivity index (χ2v) is 6.01. The zero-order chi connectivity index (χ0) is 16.2. The van der Waals surface area contributed by atoms with Gasteiger partial charge in [-0.2, -0.15) is 5.26 Å². The summed E-state index contributed by atoms with van der Waals surface area (Å²) < 4.78 is 8.94. The number of halogens is 1. The molecule has 1 heterocycles. The van der Waals surface area contributed by atoms with Gasteiger partial charge >= 0.3 is 0 Å². The number of rotatable bonds is 4. The molecule has 0 spiro atoms. The van der Waals surface area contributed by atoms with Crippen LogP contribution in [-0.4, -0.2) is 9.55 Å². The molecule has 0 aliphatic carbocycles. The van der Waals surface area contributed by atoms with E-state index in [1.165, 1.54) is 0 Å². The van der Waals surface area contributed by atoms with Crippen molar-refractivity contribution in [3.8, 4) is 17.7 Å². The smallest absolute Gasteiger partial charge is 0.220 e. The van der Waals surface area contributed by atoms with Crippen molar-refractivity contribution in [3.63, 3.8) is 0 Å². The Kier molecular flexibility index (Phi) is 4.45. The number of aryl methyl sites for hydroxylation is 1. The molecule has 0 aliphatic rings. The van der Waals surface area contributed by atoms with Crippen LogP contribution in [0.4, 0.5) is 0 Å². The molecule has 0 saturated carbocycles.